The fourth-order valence-electron chi connectivity index (χ4n) is 5.62. The number of rotatable bonds is 10. The van der Waals surface area contributed by atoms with Gasteiger partial charge in [-0.15, -0.1) is 0 Å². The highest BCUT2D eigenvalue weighted by Gasteiger charge is 2.29. The molecular formula is C27H39F3O2. The lowest BCUT2D eigenvalue weighted by Crippen LogP contribution is -2.26. The van der Waals surface area contributed by atoms with Gasteiger partial charge in [-0.3, -0.25) is 4.79 Å². The Morgan fingerprint density at radius 3 is 1.81 bits per heavy atom. The number of ether oxygens (including phenoxy) is 1. The third-order valence-electron chi connectivity index (χ3n) is 7.77. The molecule has 0 radical (unpaired) electrons. The van der Waals surface area contributed by atoms with Crippen LogP contribution in [0.15, 0.2) is 12.1 Å². The van der Waals surface area contributed by atoms with E-state index in [1.165, 1.54) is 70.6 Å². The number of halogens is 3. The zero-order chi connectivity index (χ0) is 22.9. The Bertz CT molecular complexity index is 697. The number of carbonyl (C=O) groups is 1. The molecule has 2 saturated carbocycles. The van der Waals surface area contributed by atoms with Crippen LogP contribution in [-0.4, -0.2) is 5.97 Å². The SMILES string of the molecule is CCCCCCC1CCC(CCC2CCC(C(=O)Oc3cc(F)c(F)c(F)c3)CC2)CC1. The largest absolute Gasteiger partial charge is 0.426 e. The van der Waals surface area contributed by atoms with Crippen molar-refractivity contribution in [1.29, 1.82) is 0 Å². The van der Waals surface area contributed by atoms with Gasteiger partial charge in [0.25, 0.3) is 0 Å². The first-order chi connectivity index (χ1) is 15.5. The molecule has 0 unspecified atom stereocenters. The maximum absolute atomic E-state index is 13.3. The molecule has 0 spiro atoms. The molecule has 0 saturated heterocycles. The van der Waals surface area contributed by atoms with Crippen molar-refractivity contribution >= 4 is 5.97 Å². The zero-order valence-electron chi connectivity index (χ0n) is 19.5. The summed E-state index contributed by atoms with van der Waals surface area (Å²) in [6.07, 6.45) is 18.5. The average molecular weight is 453 g/mol. The van der Waals surface area contributed by atoms with Crippen LogP contribution >= 0.6 is 0 Å². The number of esters is 1. The van der Waals surface area contributed by atoms with Gasteiger partial charge in [-0.1, -0.05) is 77.6 Å². The number of carbonyl (C=O) groups excluding carboxylic acids is 1. The quantitative estimate of drug-likeness (QED) is 0.154. The van der Waals surface area contributed by atoms with Crippen LogP contribution in [0.1, 0.15) is 103 Å². The lowest BCUT2D eigenvalue weighted by molar-refractivity contribution is -0.140. The van der Waals surface area contributed by atoms with Crippen molar-refractivity contribution in [3.8, 4) is 5.75 Å². The van der Waals surface area contributed by atoms with Gasteiger partial charge in [-0.2, -0.15) is 0 Å². The van der Waals surface area contributed by atoms with Gasteiger partial charge in [-0.25, -0.2) is 13.2 Å². The highest BCUT2D eigenvalue weighted by Crippen LogP contribution is 2.38. The number of unbranched alkanes of at least 4 members (excludes halogenated alkanes) is 3. The molecular weight excluding hydrogens is 413 g/mol. The average Bonchev–Trinajstić information content (AvgIpc) is 2.80. The van der Waals surface area contributed by atoms with E-state index in [-0.39, 0.29) is 11.7 Å². The molecule has 180 valence electrons. The Morgan fingerprint density at radius 1 is 0.781 bits per heavy atom. The second-order valence-corrected chi connectivity index (χ2v) is 10.2. The highest BCUT2D eigenvalue weighted by atomic mass is 19.2. The molecule has 0 bridgehead atoms. The van der Waals surface area contributed by atoms with Crippen LogP contribution in [-0.2, 0) is 4.79 Å². The smallest absolute Gasteiger partial charge is 0.314 e. The molecule has 3 rings (SSSR count). The van der Waals surface area contributed by atoms with Gasteiger partial charge in [0.2, 0.25) is 0 Å². The van der Waals surface area contributed by atoms with E-state index < -0.39 is 23.4 Å². The van der Waals surface area contributed by atoms with Crippen molar-refractivity contribution in [2.45, 2.75) is 103 Å². The summed E-state index contributed by atoms with van der Waals surface area (Å²) >= 11 is 0. The van der Waals surface area contributed by atoms with Gasteiger partial charge in [-0.05, 0) is 43.4 Å². The van der Waals surface area contributed by atoms with Crippen LogP contribution in [0.2, 0.25) is 0 Å². The van der Waals surface area contributed by atoms with E-state index in [0.29, 0.717) is 5.92 Å². The highest BCUT2D eigenvalue weighted by molar-refractivity contribution is 5.75. The van der Waals surface area contributed by atoms with E-state index in [1.54, 1.807) is 0 Å². The number of hydrogen-bond donors (Lipinski definition) is 0. The first-order valence-electron chi connectivity index (χ1n) is 12.8. The van der Waals surface area contributed by atoms with Gasteiger partial charge >= 0.3 is 5.97 Å². The van der Waals surface area contributed by atoms with E-state index in [9.17, 15) is 18.0 Å². The number of hydrogen-bond acceptors (Lipinski definition) is 2. The Hall–Kier alpha value is -1.52. The molecule has 5 heteroatoms. The van der Waals surface area contributed by atoms with E-state index in [2.05, 4.69) is 6.92 Å². The maximum atomic E-state index is 13.3. The van der Waals surface area contributed by atoms with Crippen LogP contribution in [0.4, 0.5) is 13.2 Å². The van der Waals surface area contributed by atoms with Crippen molar-refractivity contribution in [2.75, 3.05) is 0 Å². The van der Waals surface area contributed by atoms with E-state index >= 15 is 0 Å². The molecule has 0 N–H and O–H groups in total. The van der Waals surface area contributed by atoms with Crippen LogP contribution in [0, 0.1) is 41.1 Å². The molecule has 1 aromatic carbocycles. The summed E-state index contributed by atoms with van der Waals surface area (Å²) in [5, 5.41) is 0. The van der Waals surface area contributed by atoms with Crippen LogP contribution < -0.4 is 4.74 Å². The summed E-state index contributed by atoms with van der Waals surface area (Å²) in [4.78, 5) is 12.4. The van der Waals surface area contributed by atoms with Crippen molar-refractivity contribution < 1.29 is 22.7 Å². The standard InChI is InChI=1S/C27H39F3O2/c1-2-3-4-5-6-19-7-9-20(10-8-19)11-12-21-13-15-22(16-14-21)27(31)32-23-17-24(28)26(30)25(29)18-23/h17-22H,2-16H2,1H3. The summed E-state index contributed by atoms with van der Waals surface area (Å²) in [7, 11) is 0. The van der Waals surface area contributed by atoms with Gasteiger partial charge in [0.1, 0.15) is 5.75 Å². The lowest BCUT2D eigenvalue weighted by atomic mass is 9.75. The molecule has 0 atom stereocenters. The third kappa shape index (κ3) is 7.52. The Morgan fingerprint density at radius 2 is 1.28 bits per heavy atom. The molecule has 0 aromatic heterocycles. The summed E-state index contributed by atoms with van der Waals surface area (Å²) in [6, 6.07) is 1.45. The van der Waals surface area contributed by atoms with E-state index in [4.69, 9.17) is 4.74 Å². The molecule has 1 aromatic rings. The minimum atomic E-state index is -1.55. The zero-order valence-corrected chi connectivity index (χ0v) is 19.5. The minimum Gasteiger partial charge on any atom is -0.426 e. The molecule has 2 fully saturated rings. The van der Waals surface area contributed by atoms with Crippen molar-refractivity contribution in [1.82, 2.24) is 0 Å². The monoisotopic (exact) mass is 452 g/mol. The summed E-state index contributed by atoms with van der Waals surface area (Å²) in [5.41, 5.74) is 0. The summed E-state index contributed by atoms with van der Waals surface area (Å²) in [6.45, 7) is 2.27. The second kappa shape index (κ2) is 12.6. The predicted molar refractivity (Wildman–Crippen MR) is 121 cm³/mol. The van der Waals surface area contributed by atoms with Gasteiger partial charge in [0, 0.05) is 12.1 Å². The van der Waals surface area contributed by atoms with Crippen molar-refractivity contribution in [3.63, 3.8) is 0 Å². The number of benzene rings is 1. The summed E-state index contributed by atoms with van der Waals surface area (Å²) in [5.74, 6) is -2.74. The Kier molecular flexibility index (Phi) is 9.92. The van der Waals surface area contributed by atoms with Crippen LogP contribution in [0.3, 0.4) is 0 Å². The van der Waals surface area contributed by atoms with Gasteiger partial charge in [0.05, 0.1) is 5.92 Å². The molecule has 0 aliphatic heterocycles. The lowest BCUT2D eigenvalue weighted by Gasteiger charge is -2.31. The first-order valence-corrected chi connectivity index (χ1v) is 12.8. The van der Waals surface area contributed by atoms with Crippen LogP contribution in [0.5, 0.6) is 5.75 Å². The molecule has 32 heavy (non-hydrogen) atoms. The Labute approximate surface area is 191 Å². The first kappa shape index (κ1) is 25.1. The molecule has 2 aliphatic carbocycles. The fraction of sp³-hybridized carbons (Fsp3) is 0.741. The maximum Gasteiger partial charge on any atom is 0.314 e. The topological polar surface area (TPSA) is 26.3 Å². The molecule has 0 amide bonds. The predicted octanol–water partition coefficient (Wildman–Crippen LogP) is 8.37. The fourth-order valence-corrected chi connectivity index (χ4v) is 5.62. The van der Waals surface area contributed by atoms with Crippen molar-refractivity contribution in [3.05, 3.63) is 29.6 Å². The van der Waals surface area contributed by atoms with Gasteiger partial charge in [0.15, 0.2) is 17.5 Å². The van der Waals surface area contributed by atoms with Crippen molar-refractivity contribution in [2.24, 2.45) is 23.7 Å². The summed E-state index contributed by atoms with van der Waals surface area (Å²) < 4.78 is 44.8. The second-order valence-electron chi connectivity index (χ2n) is 10.2. The molecule has 0 heterocycles. The van der Waals surface area contributed by atoms with Crippen LogP contribution in [0.25, 0.3) is 0 Å². The molecule has 2 nitrogen and oxygen atoms in total. The van der Waals surface area contributed by atoms with Gasteiger partial charge < -0.3 is 4.74 Å². The normalized spacial score (nSPS) is 26.1. The van der Waals surface area contributed by atoms with E-state index in [1.807, 2.05) is 0 Å². The Balaban J connectivity index is 1.31. The third-order valence-corrected chi connectivity index (χ3v) is 7.77. The van der Waals surface area contributed by atoms with E-state index in [0.717, 1.165) is 49.7 Å². The molecule has 2 aliphatic rings. The minimum absolute atomic E-state index is 0.245.